The summed E-state index contributed by atoms with van der Waals surface area (Å²) in [6, 6.07) is 6.59. The number of nitrogens with one attached hydrogen (secondary N) is 1. The van der Waals surface area contributed by atoms with Crippen LogP contribution in [0.15, 0.2) is 35.7 Å². The smallest absolute Gasteiger partial charge is 0.229 e. The predicted molar refractivity (Wildman–Crippen MR) is 63.0 cm³/mol. The second-order valence-electron chi connectivity index (χ2n) is 3.46. The van der Waals surface area contributed by atoms with E-state index < -0.39 is 11.6 Å². The minimum atomic E-state index is -0.712. The summed E-state index contributed by atoms with van der Waals surface area (Å²) >= 11 is 1.46. The fraction of sp³-hybridized carbons (Fsp3) is 0.0833. The summed E-state index contributed by atoms with van der Waals surface area (Å²) < 4.78 is 25.7. The zero-order chi connectivity index (χ0) is 12.3. The Morgan fingerprint density at radius 2 is 1.94 bits per heavy atom. The van der Waals surface area contributed by atoms with Crippen molar-refractivity contribution >= 4 is 22.9 Å². The van der Waals surface area contributed by atoms with Crippen LogP contribution in [0.3, 0.4) is 0 Å². The van der Waals surface area contributed by atoms with Crippen molar-refractivity contribution in [2.45, 2.75) is 6.42 Å². The third-order valence-corrected chi connectivity index (χ3v) is 2.94. The summed E-state index contributed by atoms with van der Waals surface area (Å²) in [6.07, 6.45) is 0.204. The van der Waals surface area contributed by atoms with Crippen LogP contribution >= 0.6 is 11.3 Å². The molecule has 2 nitrogen and oxygen atoms in total. The third-order valence-electron chi connectivity index (χ3n) is 2.06. The Morgan fingerprint density at radius 1 is 1.24 bits per heavy atom. The monoisotopic (exact) mass is 253 g/mol. The van der Waals surface area contributed by atoms with Crippen molar-refractivity contribution in [2.24, 2.45) is 0 Å². The van der Waals surface area contributed by atoms with Crippen LogP contribution in [-0.2, 0) is 11.2 Å². The molecule has 2 aromatic rings. The van der Waals surface area contributed by atoms with Crippen LogP contribution in [0.1, 0.15) is 4.88 Å². The van der Waals surface area contributed by atoms with Crippen LogP contribution in [0.4, 0.5) is 14.5 Å². The lowest BCUT2D eigenvalue weighted by Gasteiger charge is -2.04. The molecule has 1 amide bonds. The first-order valence-corrected chi connectivity index (χ1v) is 5.80. The van der Waals surface area contributed by atoms with E-state index in [2.05, 4.69) is 5.32 Å². The predicted octanol–water partition coefficient (Wildman–Crippen LogP) is 3.21. The SMILES string of the molecule is O=C(Cc1cccs1)Nc1cc(F)cc(F)c1. The van der Waals surface area contributed by atoms with Crippen LogP contribution in [0.5, 0.6) is 0 Å². The van der Waals surface area contributed by atoms with Gasteiger partial charge in [-0.15, -0.1) is 11.3 Å². The van der Waals surface area contributed by atoms with Gasteiger partial charge < -0.3 is 5.32 Å². The van der Waals surface area contributed by atoms with E-state index in [9.17, 15) is 13.6 Å². The minimum Gasteiger partial charge on any atom is -0.326 e. The standard InChI is InChI=1S/C12H9F2NOS/c13-8-4-9(14)6-10(5-8)15-12(16)7-11-2-1-3-17-11/h1-6H,7H2,(H,15,16). The van der Waals surface area contributed by atoms with E-state index in [-0.39, 0.29) is 18.0 Å². The minimum absolute atomic E-state index is 0.129. The summed E-state index contributed by atoms with van der Waals surface area (Å²) in [5.74, 6) is -1.72. The molecule has 1 aromatic carbocycles. The first-order chi connectivity index (χ1) is 8.13. The summed E-state index contributed by atoms with van der Waals surface area (Å²) in [7, 11) is 0. The second kappa shape index (κ2) is 5.05. The Morgan fingerprint density at radius 3 is 2.53 bits per heavy atom. The molecule has 0 saturated heterocycles. The molecule has 0 aliphatic rings. The Bertz CT molecular complexity index is 505. The van der Waals surface area contributed by atoms with Crippen LogP contribution in [-0.4, -0.2) is 5.91 Å². The zero-order valence-corrected chi connectivity index (χ0v) is 9.56. The molecule has 88 valence electrons. The van der Waals surface area contributed by atoms with Crippen LogP contribution in [0, 0.1) is 11.6 Å². The average molecular weight is 253 g/mol. The summed E-state index contributed by atoms with van der Waals surface area (Å²) in [6.45, 7) is 0. The topological polar surface area (TPSA) is 29.1 Å². The fourth-order valence-electron chi connectivity index (χ4n) is 1.40. The molecule has 0 radical (unpaired) electrons. The van der Waals surface area contributed by atoms with Gasteiger partial charge in [-0.2, -0.15) is 0 Å². The number of carbonyl (C=O) groups excluding carboxylic acids is 1. The van der Waals surface area contributed by atoms with Crippen molar-refractivity contribution in [3.8, 4) is 0 Å². The lowest BCUT2D eigenvalue weighted by molar-refractivity contribution is -0.115. The number of amides is 1. The molecule has 0 saturated carbocycles. The molecule has 0 bridgehead atoms. The van der Waals surface area contributed by atoms with Crippen molar-refractivity contribution < 1.29 is 13.6 Å². The van der Waals surface area contributed by atoms with E-state index in [0.29, 0.717) is 0 Å². The number of anilines is 1. The molecule has 0 unspecified atom stereocenters. The van der Waals surface area contributed by atoms with Crippen molar-refractivity contribution in [2.75, 3.05) is 5.32 Å². The molecule has 0 spiro atoms. The van der Waals surface area contributed by atoms with Crippen molar-refractivity contribution in [3.63, 3.8) is 0 Å². The number of hydrogen-bond acceptors (Lipinski definition) is 2. The molecular weight excluding hydrogens is 244 g/mol. The summed E-state index contributed by atoms with van der Waals surface area (Å²) in [5, 5.41) is 4.32. The van der Waals surface area contributed by atoms with Gasteiger partial charge in [-0.3, -0.25) is 4.79 Å². The molecule has 1 heterocycles. The van der Waals surface area contributed by atoms with Gasteiger partial charge in [0.2, 0.25) is 5.91 Å². The van der Waals surface area contributed by atoms with E-state index in [1.807, 2.05) is 17.5 Å². The maximum absolute atomic E-state index is 12.9. The van der Waals surface area contributed by atoms with Gasteiger partial charge in [0, 0.05) is 16.6 Å². The molecule has 0 aliphatic heterocycles. The van der Waals surface area contributed by atoms with Gasteiger partial charge in [0.25, 0.3) is 0 Å². The Hall–Kier alpha value is -1.75. The van der Waals surface area contributed by atoms with Gasteiger partial charge >= 0.3 is 0 Å². The molecular formula is C12H9F2NOS. The van der Waals surface area contributed by atoms with E-state index >= 15 is 0 Å². The van der Waals surface area contributed by atoms with Crippen LogP contribution in [0.25, 0.3) is 0 Å². The third kappa shape index (κ3) is 3.35. The average Bonchev–Trinajstić information content (AvgIpc) is 2.67. The summed E-state index contributed by atoms with van der Waals surface area (Å²) in [4.78, 5) is 12.5. The molecule has 5 heteroatoms. The first kappa shape index (κ1) is 11.7. The van der Waals surface area contributed by atoms with Crippen LogP contribution < -0.4 is 5.32 Å². The van der Waals surface area contributed by atoms with Crippen LogP contribution in [0.2, 0.25) is 0 Å². The Labute approximate surface area is 101 Å². The van der Waals surface area contributed by atoms with Gasteiger partial charge in [0.05, 0.1) is 6.42 Å². The van der Waals surface area contributed by atoms with E-state index in [1.54, 1.807) is 0 Å². The maximum atomic E-state index is 12.9. The molecule has 0 atom stereocenters. The van der Waals surface area contributed by atoms with E-state index in [4.69, 9.17) is 0 Å². The second-order valence-corrected chi connectivity index (χ2v) is 4.49. The molecule has 1 aromatic heterocycles. The van der Waals surface area contributed by atoms with E-state index in [1.165, 1.54) is 11.3 Å². The lowest BCUT2D eigenvalue weighted by atomic mass is 10.2. The Kier molecular flexibility index (Phi) is 3.49. The van der Waals surface area contributed by atoms with Gasteiger partial charge in [-0.05, 0) is 23.6 Å². The largest absolute Gasteiger partial charge is 0.326 e. The van der Waals surface area contributed by atoms with Gasteiger partial charge in [0.15, 0.2) is 0 Å². The molecule has 1 N–H and O–H groups in total. The Balaban J connectivity index is 2.03. The fourth-order valence-corrected chi connectivity index (χ4v) is 2.11. The number of benzene rings is 1. The van der Waals surface area contributed by atoms with Gasteiger partial charge in [-0.25, -0.2) is 8.78 Å². The number of thiophene rings is 1. The van der Waals surface area contributed by atoms with Crippen molar-refractivity contribution in [1.29, 1.82) is 0 Å². The number of hydrogen-bond donors (Lipinski definition) is 1. The highest BCUT2D eigenvalue weighted by molar-refractivity contribution is 7.10. The zero-order valence-electron chi connectivity index (χ0n) is 8.74. The lowest BCUT2D eigenvalue weighted by Crippen LogP contribution is -2.13. The normalized spacial score (nSPS) is 10.2. The number of halogens is 2. The number of carbonyl (C=O) groups is 1. The molecule has 17 heavy (non-hydrogen) atoms. The highest BCUT2D eigenvalue weighted by Crippen LogP contribution is 2.14. The highest BCUT2D eigenvalue weighted by atomic mass is 32.1. The maximum Gasteiger partial charge on any atom is 0.229 e. The van der Waals surface area contributed by atoms with Crippen molar-refractivity contribution in [3.05, 3.63) is 52.2 Å². The van der Waals surface area contributed by atoms with Crippen molar-refractivity contribution in [1.82, 2.24) is 0 Å². The quantitative estimate of drug-likeness (QED) is 0.894. The highest BCUT2D eigenvalue weighted by Gasteiger charge is 2.06. The van der Waals surface area contributed by atoms with E-state index in [0.717, 1.165) is 23.1 Å². The summed E-state index contributed by atoms with van der Waals surface area (Å²) in [5.41, 5.74) is 0.129. The van der Waals surface area contributed by atoms with Gasteiger partial charge in [0.1, 0.15) is 11.6 Å². The molecule has 0 fully saturated rings. The molecule has 0 aliphatic carbocycles. The number of rotatable bonds is 3. The van der Waals surface area contributed by atoms with Gasteiger partial charge in [-0.1, -0.05) is 6.07 Å². The molecule has 2 rings (SSSR count). The first-order valence-electron chi connectivity index (χ1n) is 4.92.